The zero-order valence-electron chi connectivity index (χ0n) is 14.1. The number of methoxy groups -OCH3 is 1. The van der Waals surface area contributed by atoms with Crippen molar-refractivity contribution in [3.05, 3.63) is 23.8 Å². The highest BCUT2D eigenvalue weighted by molar-refractivity contribution is 7.89. The van der Waals surface area contributed by atoms with Gasteiger partial charge in [0.1, 0.15) is 10.6 Å². The number of benzene rings is 1. The lowest BCUT2D eigenvalue weighted by molar-refractivity contribution is -0.137. The van der Waals surface area contributed by atoms with Gasteiger partial charge in [-0.3, -0.25) is 9.59 Å². The molecule has 9 heteroatoms. The van der Waals surface area contributed by atoms with Crippen molar-refractivity contribution in [1.29, 1.82) is 0 Å². The molecule has 0 saturated heterocycles. The van der Waals surface area contributed by atoms with Gasteiger partial charge in [0.2, 0.25) is 10.0 Å². The van der Waals surface area contributed by atoms with Crippen molar-refractivity contribution in [3.8, 4) is 5.75 Å². The van der Waals surface area contributed by atoms with E-state index in [1.54, 1.807) is 6.92 Å². The van der Waals surface area contributed by atoms with Crippen LogP contribution >= 0.6 is 0 Å². The third-order valence-corrected chi connectivity index (χ3v) is 5.29. The Bertz CT molecular complexity index is 758. The molecule has 0 radical (unpaired) electrons. The zero-order valence-corrected chi connectivity index (χ0v) is 14.9. The number of carbonyl (C=O) groups is 2. The van der Waals surface area contributed by atoms with E-state index in [1.807, 2.05) is 0 Å². The molecule has 0 aromatic heterocycles. The average molecular weight is 370 g/mol. The van der Waals surface area contributed by atoms with Crippen molar-refractivity contribution >= 4 is 21.9 Å². The molecule has 138 valence electrons. The maximum absolute atomic E-state index is 12.4. The van der Waals surface area contributed by atoms with E-state index in [9.17, 15) is 18.0 Å². The standard InChI is InChI=1S/C16H22N2O6S/c1-10(7-15(19)20)9-17-16(21)11-3-6-13(24-2)14(8-11)25(22,23)18-12-4-5-12/h3,6,8,10,12,18H,4-5,7,9H2,1-2H3,(H,17,21)(H,19,20). The second-order valence-electron chi connectivity index (χ2n) is 6.17. The summed E-state index contributed by atoms with van der Waals surface area (Å²) in [5, 5.41) is 11.3. The van der Waals surface area contributed by atoms with Gasteiger partial charge in [0, 0.05) is 24.6 Å². The first-order valence-corrected chi connectivity index (χ1v) is 9.41. The highest BCUT2D eigenvalue weighted by Gasteiger charge is 2.30. The molecule has 8 nitrogen and oxygen atoms in total. The summed E-state index contributed by atoms with van der Waals surface area (Å²) in [5.74, 6) is -1.49. The van der Waals surface area contributed by atoms with E-state index in [2.05, 4.69) is 10.0 Å². The summed E-state index contributed by atoms with van der Waals surface area (Å²) in [4.78, 5) is 22.8. The first kappa shape index (κ1) is 19.2. The first-order chi connectivity index (χ1) is 11.7. The van der Waals surface area contributed by atoms with Crippen LogP contribution in [-0.2, 0) is 14.8 Å². The Hall–Kier alpha value is -2.13. The number of carbonyl (C=O) groups excluding carboxylic acids is 1. The molecule has 0 aliphatic heterocycles. The van der Waals surface area contributed by atoms with Crippen molar-refractivity contribution in [1.82, 2.24) is 10.0 Å². The molecule has 1 atom stereocenters. The predicted octanol–water partition coefficient (Wildman–Crippen LogP) is 0.976. The topological polar surface area (TPSA) is 122 Å². The molecule has 0 bridgehead atoms. The molecule has 3 N–H and O–H groups in total. The number of sulfonamides is 1. The summed E-state index contributed by atoms with van der Waals surface area (Å²) in [6, 6.07) is 4.09. The van der Waals surface area contributed by atoms with E-state index in [0.717, 1.165) is 12.8 Å². The number of aliphatic carboxylic acids is 1. The fourth-order valence-electron chi connectivity index (χ4n) is 2.25. The lowest BCUT2D eigenvalue weighted by Gasteiger charge is -2.13. The van der Waals surface area contributed by atoms with Crippen molar-refractivity contribution in [2.75, 3.05) is 13.7 Å². The molecule has 1 fully saturated rings. The number of rotatable bonds is 9. The van der Waals surface area contributed by atoms with E-state index in [1.165, 1.54) is 25.3 Å². The van der Waals surface area contributed by atoms with Gasteiger partial charge in [0.25, 0.3) is 5.91 Å². The van der Waals surface area contributed by atoms with Crippen LogP contribution in [0.3, 0.4) is 0 Å². The van der Waals surface area contributed by atoms with Crippen molar-refractivity contribution in [2.45, 2.75) is 37.1 Å². The molecule has 0 spiro atoms. The van der Waals surface area contributed by atoms with Gasteiger partial charge in [-0.25, -0.2) is 13.1 Å². The van der Waals surface area contributed by atoms with Gasteiger partial charge in [-0.15, -0.1) is 0 Å². The van der Waals surface area contributed by atoms with E-state index in [-0.39, 0.29) is 41.1 Å². The maximum Gasteiger partial charge on any atom is 0.303 e. The molecule has 1 amide bonds. The second kappa shape index (κ2) is 7.83. The van der Waals surface area contributed by atoms with Gasteiger partial charge in [-0.2, -0.15) is 0 Å². The normalized spacial score (nSPS) is 15.4. The molecule has 1 aromatic carbocycles. The summed E-state index contributed by atoms with van der Waals surface area (Å²) in [6.45, 7) is 1.89. The fraction of sp³-hybridized carbons (Fsp3) is 0.500. The van der Waals surface area contributed by atoms with Crippen LogP contribution < -0.4 is 14.8 Å². The van der Waals surface area contributed by atoms with Crippen molar-refractivity contribution in [2.24, 2.45) is 5.92 Å². The summed E-state index contributed by atoms with van der Waals surface area (Å²) < 4.78 is 32.5. The molecule has 2 rings (SSSR count). The smallest absolute Gasteiger partial charge is 0.303 e. The summed E-state index contributed by atoms with van der Waals surface area (Å²) in [7, 11) is -2.42. The quantitative estimate of drug-likeness (QED) is 0.596. The minimum atomic E-state index is -3.78. The minimum Gasteiger partial charge on any atom is -0.495 e. The molecule has 0 heterocycles. The Balaban J connectivity index is 2.14. The van der Waals surface area contributed by atoms with Crippen LogP contribution in [0.4, 0.5) is 0 Å². The molecule has 1 aliphatic rings. The molecular formula is C16H22N2O6S. The Kier molecular flexibility index (Phi) is 6.02. The molecular weight excluding hydrogens is 348 g/mol. The SMILES string of the molecule is COc1ccc(C(=O)NCC(C)CC(=O)O)cc1S(=O)(=O)NC1CC1. The third kappa shape index (κ3) is 5.43. The Morgan fingerprint density at radius 2 is 2.04 bits per heavy atom. The van der Waals surface area contributed by atoms with Crippen LogP contribution in [0.25, 0.3) is 0 Å². The first-order valence-electron chi connectivity index (χ1n) is 7.93. The Morgan fingerprint density at radius 3 is 2.60 bits per heavy atom. The lowest BCUT2D eigenvalue weighted by atomic mass is 10.1. The van der Waals surface area contributed by atoms with Gasteiger partial charge >= 0.3 is 5.97 Å². The van der Waals surface area contributed by atoms with Gasteiger partial charge < -0.3 is 15.2 Å². The molecule has 1 aliphatic carbocycles. The highest BCUT2D eigenvalue weighted by atomic mass is 32.2. The number of amides is 1. The highest BCUT2D eigenvalue weighted by Crippen LogP contribution is 2.28. The number of hydrogen-bond acceptors (Lipinski definition) is 5. The van der Waals surface area contributed by atoms with Gasteiger partial charge in [0.05, 0.1) is 7.11 Å². The number of nitrogens with one attached hydrogen (secondary N) is 2. The van der Waals surface area contributed by atoms with Crippen LogP contribution in [0.5, 0.6) is 5.75 Å². The average Bonchev–Trinajstić information content (AvgIpc) is 3.34. The Labute approximate surface area is 146 Å². The second-order valence-corrected chi connectivity index (χ2v) is 7.86. The molecule has 1 saturated carbocycles. The maximum atomic E-state index is 12.4. The van der Waals surface area contributed by atoms with E-state index < -0.39 is 21.9 Å². The monoisotopic (exact) mass is 370 g/mol. The van der Waals surface area contributed by atoms with Crippen LogP contribution in [0, 0.1) is 5.92 Å². The van der Waals surface area contributed by atoms with E-state index >= 15 is 0 Å². The van der Waals surface area contributed by atoms with Gasteiger partial charge in [-0.1, -0.05) is 6.92 Å². The van der Waals surface area contributed by atoms with Gasteiger partial charge in [0.15, 0.2) is 0 Å². The summed E-state index contributed by atoms with van der Waals surface area (Å²) in [6.07, 6.45) is 1.53. The summed E-state index contributed by atoms with van der Waals surface area (Å²) >= 11 is 0. The van der Waals surface area contributed by atoms with E-state index in [4.69, 9.17) is 9.84 Å². The van der Waals surface area contributed by atoms with Crippen LogP contribution in [0.1, 0.15) is 36.5 Å². The predicted molar refractivity (Wildman–Crippen MR) is 90.1 cm³/mol. The molecule has 1 unspecified atom stereocenters. The van der Waals surface area contributed by atoms with Crippen LogP contribution in [-0.4, -0.2) is 45.1 Å². The molecule has 25 heavy (non-hydrogen) atoms. The minimum absolute atomic E-state index is 0.0617. The number of ether oxygens (including phenoxy) is 1. The summed E-state index contributed by atoms with van der Waals surface area (Å²) in [5.41, 5.74) is 0.166. The van der Waals surface area contributed by atoms with Gasteiger partial charge in [-0.05, 0) is 37.0 Å². The molecule has 1 aromatic rings. The van der Waals surface area contributed by atoms with Crippen molar-refractivity contribution in [3.63, 3.8) is 0 Å². The number of carboxylic acid groups (broad SMARTS) is 1. The largest absolute Gasteiger partial charge is 0.495 e. The van der Waals surface area contributed by atoms with E-state index in [0.29, 0.717) is 0 Å². The number of carboxylic acids is 1. The Morgan fingerprint density at radius 1 is 1.36 bits per heavy atom. The van der Waals surface area contributed by atoms with Crippen LogP contribution in [0.15, 0.2) is 23.1 Å². The number of hydrogen-bond donors (Lipinski definition) is 3. The zero-order chi connectivity index (χ0) is 18.6. The lowest BCUT2D eigenvalue weighted by Crippen LogP contribution is -2.30. The van der Waals surface area contributed by atoms with Crippen molar-refractivity contribution < 1.29 is 27.9 Å². The third-order valence-electron chi connectivity index (χ3n) is 3.75. The fourth-order valence-corrected chi connectivity index (χ4v) is 3.75. The van der Waals surface area contributed by atoms with Crippen LogP contribution in [0.2, 0.25) is 0 Å².